The van der Waals surface area contributed by atoms with Crippen LogP contribution >= 0.6 is 0 Å². The van der Waals surface area contributed by atoms with Crippen LogP contribution in [0.4, 0.5) is 0 Å². The van der Waals surface area contributed by atoms with Gasteiger partial charge in [0.05, 0.1) is 0 Å². The van der Waals surface area contributed by atoms with Crippen molar-refractivity contribution in [2.75, 3.05) is 0 Å². The third kappa shape index (κ3) is 8.18. The molecule has 0 atom stereocenters. The van der Waals surface area contributed by atoms with Crippen molar-refractivity contribution in [2.45, 2.75) is 73.5 Å². The zero-order valence-electron chi connectivity index (χ0n) is 17.9. The molecule has 0 saturated heterocycles. The molecule has 0 fully saturated rings. The predicted octanol–water partition coefficient (Wildman–Crippen LogP) is 6.90. The van der Waals surface area contributed by atoms with E-state index in [9.17, 15) is 4.79 Å². The second-order valence-electron chi connectivity index (χ2n) is 8.96. The highest BCUT2D eigenvalue weighted by Gasteiger charge is 2.26. The summed E-state index contributed by atoms with van der Waals surface area (Å²) in [7, 11) is -1.82. The van der Waals surface area contributed by atoms with Crippen LogP contribution in [0.3, 0.4) is 0 Å². The Morgan fingerprint density at radius 1 is 1.12 bits per heavy atom. The third-order valence-corrected chi connectivity index (χ3v) is 5.34. The van der Waals surface area contributed by atoms with E-state index in [1.807, 2.05) is 38.7 Å². The van der Waals surface area contributed by atoms with Crippen LogP contribution in [-0.4, -0.2) is 14.3 Å². The Balaban J connectivity index is 2.73. The molecule has 0 unspecified atom stereocenters. The van der Waals surface area contributed by atoms with Crippen LogP contribution in [0.2, 0.25) is 19.6 Å². The molecule has 1 aliphatic carbocycles. The lowest BCUT2D eigenvalue weighted by Gasteiger charge is -2.32. The average Bonchev–Trinajstić information content (AvgIpc) is 2.43. The molecule has 0 aromatic heterocycles. The second kappa shape index (κ2) is 9.36. The summed E-state index contributed by atoms with van der Waals surface area (Å²) in [6, 6.07) is 0. The topological polar surface area (TPSA) is 26.3 Å². The van der Waals surface area contributed by atoms with Crippen molar-refractivity contribution in [3.05, 3.63) is 58.7 Å². The summed E-state index contributed by atoms with van der Waals surface area (Å²) in [5, 5.41) is 0. The largest absolute Gasteiger partial charge is 0.517 e. The van der Waals surface area contributed by atoms with Gasteiger partial charge in [-0.05, 0) is 76.2 Å². The molecule has 0 aromatic rings. The predicted molar refractivity (Wildman–Crippen MR) is 116 cm³/mol. The van der Waals surface area contributed by atoms with E-state index in [-0.39, 0.29) is 11.4 Å². The summed E-state index contributed by atoms with van der Waals surface area (Å²) in [5.41, 5.74) is 5.35. The van der Waals surface area contributed by atoms with Crippen LogP contribution in [0.1, 0.15) is 53.9 Å². The van der Waals surface area contributed by atoms with E-state index in [2.05, 4.69) is 45.9 Å². The van der Waals surface area contributed by atoms with E-state index in [1.54, 1.807) is 6.08 Å². The molecule has 26 heavy (non-hydrogen) atoms. The van der Waals surface area contributed by atoms with Crippen molar-refractivity contribution < 1.29 is 9.22 Å². The lowest BCUT2D eigenvalue weighted by Crippen LogP contribution is -2.28. The maximum Gasteiger partial charge on any atom is 0.317 e. The highest BCUT2D eigenvalue weighted by molar-refractivity contribution is 6.71. The molecule has 0 spiro atoms. The van der Waals surface area contributed by atoms with E-state index in [1.165, 1.54) is 36.0 Å². The molecule has 1 rings (SSSR count). The SMILES string of the molecule is CC1=C(/C=C/C(C)=C\C=C\C(C)=C\C(=O)O[Si](C)(C)C)C(C)(C)CCC1. The Hall–Kier alpha value is -1.61. The van der Waals surface area contributed by atoms with Crippen LogP contribution in [0.15, 0.2) is 58.7 Å². The second-order valence-corrected chi connectivity index (χ2v) is 13.4. The summed E-state index contributed by atoms with van der Waals surface area (Å²) in [4.78, 5) is 11.8. The Morgan fingerprint density at radius 2 is 1.77 bits per heavy atom. The van der Waals surface area contributed by atoms with E-state index in [0.29, 0.717) is 0 Å². The molecule has 2 nitrogen and oxygen atoms in total. The van der Waals surface area contributed by atoms with Crippen LogP contribution in [0, 0.1) is 5.41 Å². The highest BCUT2D eigenvalue weighted by Crippen LogP contribution is 2.40. The van der Waals surface area contributed by atoms with Gasteiger partial charge in [0.25, 0.3) is 0 Å². The van der Waals surface area contributed by atoms with E-state index in [0.717, 1.165) is 5.57 Å². The van der Waals surface area contributed by atoms with Gasteiger partial charge in [-0.2, -0.15) is 0 Å². The molecule has 0 bridgehead atoms. The van der Waals surface area contributed by atoms with Crippen LogP contribution in [0.25, 0.3) is 0 Å². The summed E-state index contributed by atoms with van der Waals surface area (Å²) in [6.45, 7) is 17.0. The molecule has 0 N–H and O–H groups in total. The average molecular weight is 373 g/mol. The molecule has 0 radical (unpaired) electrons. The highest BCUT2D eigenvalue weighted by atomic mass is 28.4. The minimum absolute atomic E-state index is 0.242. The van der Waals surface area contributed by atoms with Gasteiger partial charge < -0.3 is 4.43 Å². The fourth-order valence-electron chi connectivity index (χ4n) is 3.20. The van der Waals surface area contributed by atoms with Gasteiger partial charge in [0.15, 0.2) is 0 Å². The molecule has 1 aliphatic rings. The van der Waals surface area contributed by atoms with Gasteiger partial charge in [-0.15, -0.1) is 0 Å². The minimum Gasteiger partial charge on any atom is -0.517 e. The number of hydrogen-bond donors (Lipinski definition) is 0. The Bertz CT molecular complexity index is 665. The van der Waals surface area contributed by atoms with Gasteiger partial charge in [-0.1, -0.05) is 55.4 Å². The molecule has 0 amide bonds. The minimum atomic E-state index is -1.82. The zero-order valence-corrected chi connectivity index (χ0v) is 18.9. The van der Waals surface area contributed by atoms with Gasteiger partial charge >= 0.3 is 5.97 Å². The Labute approximate surface area is 161 Å². The first kappa shape index (κ1) is 22.4. The Kier molecular flexibility index (Phi) is 8.07. The first-order valence-corrected chi connectivity index (χ1v) is 13.0. The quantitative estimate of drug-likeness (QED) is 0.288. The van der Waals surface area contributed by atoms with Gasteiger partial charge in [0.2, 0.25) is 8.32 Å². The standard InChI is InChI=1S/C23H36O2Si/c1-18(14-15-21-20(3)13-10-16-23(21,4)5)11-9-12-19(2)17-22(24)25-26(6,7)8/h9,11-12,14-15,17H,10,13,16H2,1-8H3/b12-9+,15-14+,18-11-,19-17+. The monoisotopic (exact) mass is 372 g/mol. The lowest BCUT2D eigenvalue weighted by molar-refractivity contribution is -0.129. The molecular weight excluding hydrogens is 336 g/mol. The normalized spacial score (nSPS) is 19.5. The molecule has 0 aliphatic heterocycles. The summed E-state index contributed by atoms with van der Waals surface area (Å²) in [5.74, 6) is -0.242. The number of carbonyl (C=O) groups excluding carboxylic acids is 1. The third-order valence-electron chi connectivity index (χ3n) is 4.53. The molecule has 3 heteroatoms. The van der Waals surface area contributed by atoms with Crippen LogP contribution < -0.4 is 0 Å². The van der Waals surface area contributed by atoms with Crippen molar-refractivity contribution in [3.8, 4) is 0 Å². The van der Waals surface area contributed by atoms with Crippen molar-refractivity contribution in [2.24, 2.45) is 5.41 Å². The zero-order chi connectivity index (χ0) is 20.0. The maximum absolute atomic E-state index is 11.8. The fraction of sp³-hybridized carbons (Fsp3) is 0.522. The molecular formula is C23H36O2Si. The number of hydrogen-bond acceptors (Lipinski definition) is 2. The first-order valence-electron chi connectivity index (χ1n) is 9.55. The van der Waals surface area contributed by atoms with Gasteiger partial charge in [-0.3, -0.25) is 0 Å². The van der Waals surface area contributed by atoms with Crippen molar-refractivity contribution in [1.29, 1.82) is 0 Å². The summed E-state index contributed by atoms with van der Waals surface area (Å²) in [6.07, 6.45) is 15.8. The van der Waals surface area contributed by atoms with E-state index < -0.39 is 8.32 Å². The van der Waals surface area contributed by atoms with E-state index >= 15 is 0 Å². The summed E-state index contributed by atoms with van der Waals surface area (Å²) >= 11 is 0. The fourth-order valence-corrected chi connectivity index (χ4v) is 3.86. The van der Waals surface area contributed by atoms with Gasteiger partial charge in [-0.25, -0.2) is 4.79 Å². The Morgan fingerprint density at radius 3 is 2.35 bits per heavy atom. The van der Waals surface area contributed by atoms with Crippen LogP contribution in [-0.2, 0) is 9.22 Å². The smallest absolute Gasteiger partial charge is 0.317 e. The molecule has 0 aromatic carbocycles. The number of allylic oxidation sites excluding steroid dienone is 9. The molecule has 144 valence electrons. The van der Waals surface area contributed by atoms with Crippen molar-refractivity contribution in [1.82, 2.24) is 0 Å². The first-order chi connectivity index (χ1) is 11.9. The number of rotatable bonds is 6. The molecule has 0 heterocycles. The summed E-state index contributed by atoms with van der Waals surface area (Å²) < 4.78 is 5.43. The van der Waals surface area contributed by atoms with Crippen LogP contribution in [0.5, 0.6) is 0 Å². The lowest BCUT2D eigenvalue weighted by atomic mass is 9.72. The number of carbonyl (C=O) groups is 1. The van der Waals surface area contributed by atoms with Gasteiger partial charge in [0.1, 0.15) is 0 Å². The maximum atomic E-state index is 11.8. The van der Waals surface area contributed by atoms with Gasteiger partial charge in [0, 0.05) is 6.08 Å². The van der Waals surface area contributed by atoms with E-state index in [4.69, 9.17) is 4.43 Å². The molecule has 0 saturated carbocycles. The van der Waals surface area contributed by atoms with Crippen molar-refractivity contribution in [3.63, 3.8) is 0 Å². The van der Waals surface area contributed by atoms with Crippen molar-refractivity contribution >= 4 is 14.3 Å².